The second-order valence-corrected chi connectivity index (χ2v) is 7.57. The molecule has 0 saturated heterocycles. The van der Waals surface area contributed by atoms with Gasteiger partial charge in [0.05, 0.1) is 16.5 Å². The normalized spacial score (nSPS) is 10.7. The molecule has 2 aromatic heterocycles. The van der Waals surface area contributed by atoms with Gasteiger partial charge in [-0.05, 0) is 32.4 Å². The molecule has 30 heavy (non-hydrogen) atoms. The first kappa shape index (κ1) is 21.7. The number of aromatic nitrogens is 2. The van der Waals surface area contributed by atoms with Gasteiger partial charge in [0, 0.05) is 42.4 Å². The van der Waals surface area contributed by atoms with Crippen molar-refractivity contribution in [3.8, 4) is 11.6 Å². The minimum atomic E-state index is -0.463. The Balaban J connectivity index is 1.62. The second kappa shape index (κ2) is 10.7. The molecule has 8 nitrogen and oxygen atoms in total. The van der Waals surface area contributed by atoms with Gasteiger partial charge >= 0.3 is 11.6 Å². The van der Waals surface area contributed by atoms with Crippen molar-refractivity contribution in [1.82, 2.24) is 9.97 Å². The summed E-state index contributed by atoms with van der Waals surface area (Å²) >= 11 is 1.64. The summed E-state index contributed by atoms with van der Waals surface area (Å²) in [5, 5.41) is 18.0. The van der Waals surface area contributed by atoms with Gasteiger partial charge in [0.15, 0.2) is 0 Å². The lowest BCUT2D eigenvalue weighted by Crippen LogP contribution is -2.14. The number of aryl methyl sites for hydroxylation is 2. The zero-order chi connectivity index (χ0) is 21.3. The largest absolute Gasteiger partial charge is 0.434 e. The molecular formula is C21H24N4O4S. The molecule has 3 aromatic rings. The molecule has 0 atom stereocenters. The fourth-order valence-corrected chi connectivity index (χ4v) is 3.53. The first-order chi connectivity index (χ1) is 14.6. The van der Waals surface area contributed by atoms with Crippen molar-refractivity contribution in [1.29, 1.82) is 0 Å². The molecule has 0 unspecified atom stereocenters. The van der Waals surface area contributed by atoms with Crippen LogP contribution in [-0.2, 0) is 11.2 Å². The van der Waals surface area contributed by atoms with Crippen molar-refractivity contribution < 1.29 is 14.4 Å². The number of nitrogens with one attached hydrogen (secondary N) is 1. The van der Waals surface area contributed by atoms with Crippen LogP contribution in [0.3, 0.4) is 0 Å². The van der Waals surface area contributed by atoms with Crippen LogP contribution in [0.5, 0.6) is 11.6 Å². The van der Waals surface area contributed by atoms with Crippen LogP contribution in [0.25, 0.3) is 0 Å². The lowest BCUT2D eigenvalue weighted by Gasteiger charge is -2.15. The molecule has 0 aliphatic carbocycles. The zero-order valence-corrected chi connectivity index (χ0v) is 17.8. The molecule has 0 fully saturated rings. The number of rotatable bonds is 11. The Kier molecular flexibility index (Phi) is 7.69. The van der Waals surface area contributed by atoms with Crippen molar-refractivity contribution in [2.75, 3.05) is 25.1 Å². The molecule has 0 aliphatic rings. The van der Waals surface area contributed by atoms with Crippen molar-refractivity contribution in [3.63, 3.8) is 0 Å². The van der Waals surface area contributed by atoms with Gasteiger partial charge in [-0.15, -0.1) is 11.3 Å². The van der Waals surface area contributed by atoms with Gasteiger partial charge in [-0.1, -0.05) is 18.2 Å². The molecule has 0 aliphatic heterocycles. The number of para-hydroxylation sites is 1. The summed E-state index contributed by atoms with van der Waals surface area (Å²) in [6.45, 7) is 5.09. The van der Waals surface area contributed by atoms with E-state index in [-0.39, 0.29) is 11.6 Å². The molecular weight excluding hydrogens is 404 g/mol. The van der Waals surface area contributed by atoms with Crippen LogP contribution >= 0.6 is 11.3 Å². The topological polar surface area (TPSA) is 99.4 Å². The van der Waals surface area contributed by atoms with Gasteiger partial charge in [0.1, 0.15) is 11.4 Å². The monoisotopic (exact) mass is 428 g/mol. The van der Waals surface area contributed by atoms with E-state index in [2.05, 4.69) is 15.3 Å². The Labute approximate surface area is 179 Å². The number of hydrogen-bond donors (Lipinski definition) is 1. The predicted molar refractivity (Wildman–Crippen MR) is 117 cm³/mol. The molecule has 0 saturated carbocycles. The molecule has 0 radical (unpaired) electrons. The first-order valence-electron chi connectivity index (χ1n) is 9.64. The van der Waals surface area contributed by atoms with E-state index in [0.717, 1.165) is 17.8 Å². The summed E-state index contributed by atoms with van der Waals surface area (Å²) in [6, 6.07) is 8.90. The summed E-state index contributed by atoms with van der Waals surface area (Å²) in [5.74, 6) is 0.465. The Bertz CT molecular complexity index is 965. The van der Waals surface area contributed by atoms with Crippen LogP contribution in [0.1, 0.15) is 22.7 Å². The zero-order valence-electron chi connectivity index (χ0n) is 17.0. The fraction of sp³-hybridized carbons (Fsp3) is 0.333. The minimum absolute atomic E-state index is 0.0267. The summed E-state index contributed by atoms with van der Waals surface area (Å²) in [6.07, 6.45) is 3.57. The van der Waals surface area contributed by atoms with E-state index in [1.54, 1.807) is 55.6 Å². The van der Waals surface area contributed by atoms with Gasteiger partial charge in [-0.3, -0.25) is 10.1 Å². The number of nitro groups is 1. The Hall–Kier alpha value is -3.04. The van der Waals surface area contributed by atoms with Crippen LogP contribution in [0.4, 0.5) is 11.4 Å². The maximum atomic E-state index is 11.8. The maximum Gasteiger partial charge on any atom is 0.354 e. The molecule has 158 valence electrons. The van der Waals surface area contributed by atoms with E-state index in [1.165, 1.54) is 0 Å². The van der Waals surface area contributed by atoms with Crippen LogP contribution < -0.4 is 10.1 Å². The lowest BCUT2D eigenvalue weighted by atomic mass is 10.1. The maximum absolute atomic E-state index is 11.8. The van der Waals surface area contributed by atoms with Gasteiger partial charge in [0.2, 0.25) is 0 Å². The van der Waals surface area contributed by atoms with E-state index < -0.39 is 4.92 Å². The number of benzene rings is 1. The van der Waals surface area contributed by atoms with Gasteiger partial charge in [0.25, 0.3) is 0 Å². The molecule has 3 rings (SSSR count). The van der Waals surface area contributed by atoms with E-state index in [9.17, 15) is 10.1 Å². The van der Waals surface area contributed by atoms with E-state index >= 15 is 0 Å². The number of hydrogen-bond acceptors (Lipinski definition) is 8. The fourth-order valence-electron chi connectivity index (χ4n) is 2.86. The highest BCUT2D eigenvalue weighted by Crippen LogP contribution is 2.39. The first-order valence-corrected chi connectivity index (χ1v) is 10.5. The van der Waals surface area contributed by atoms with E-state index in [1.807, 2.05) is 11.4 Å². The molecule has 0 spiro atoms. The molecule has 1 N–H and O–H groups in total. The number of pyridine rings is 1. The van der Waals surface area contributed by atoms with Crippen LogP contribution in [0.15, 0.2) is 41.9 Å². The lowest BCUT2D eigenvalue weighted by molar-refractivity contribution is -0.385. The third-order valence-electron chi connectivity index (χ3n) is 4.48. The quantitative estimate of drug-likeness (QED) is 0.263. The summed E-state index contributed by atoms with van der Waals surface area (Å²) in [5.41, 5.74) is 1.61. The average Bonchev–Trinajstić information content (AvgIpc) is 3.24. The summed E-state index contributed by atoms with van der Waals surface area (Å²) < 4.78 is 11.4. The van der Waals surface area contributed by atoms with Crippen molar-refractivity contribution in [3.05, 3.63) is 68.3 Å². The molecule has 9 heteroatoms. The highest BCUT2D eigenvalue weighted by Gasteiger charge is 2.27. The molecule has 0 bridgehead atoms. The second-order valence-electron chi connectivity index (χ2n) is 6.59. The SMILES string of the molecule is Cc1nc(Oc2ccccc2)c([N+](=O)[O-])c(NCCOCCCc2nccs2)c1C. The Morgan fingerprint density at radius 1 is 1.20 bits per heavy atom. The van der Waals surface area contributed by atoms with Gasteiger partial charge < -0.3 is 14.8 Å². The van der Waals surface area contributed by atoms with E-state index in [0.29, 0.717) is 42.5 Å². The summed E-state index contributed by atoms with van der Waals surface area (Å²) in [7, 11) is 0. The number of anilines is 1. The highest BCUT2D eigenvalue weighted by molar-refractivity contribution is 7.09. The molecule has 1 aromatic carbocycles. The van der Waals surface area contributed by atoms with Crippen molar-refractivity contribution >= 4 is 22.7 Å². The van der Waals surface area contributed by atoms with Crippen LogP contribution in [0, 0.1) is 24.0 Å². The average molecular weight is 429 g/mol. The van der Waals surface area contributed by atoms with Gasteiger partial charge in [-0.25, -0.2) is 9.97 Å². The third-order valence-corrected chi connectivity index (χ3v) is 5.32. The predicted octanol–water partition coefficient (Wildman–Crippen LogP) is 4.92. The minimum Gasteiger partial charge on any atom is -0.434 e. The number of nitrogens with zero attached hydrogens (tertiary/aromatic N) is 3. The van der Waals surface area contributed by atoms with Crippen LogP contribution in [-0.4, -0.2) is 34.6 Å². The Morgan fingerprint density at radius 3 is 2.70 bits per heavy atom. The third kappa shape index (κ3) is 5.74. The van der Waals surface area contributed by atoms with Crippen molar-refractivity contribution in [2.45, 2.75) is 26.7 Å². The smallest absolute Gasteiger partial charge is 0.354 e. The standard InChI is InChI=1S/C21H24N4O4S/c1-15-16(2)24-21(29-17-7-4-3-5-8-17)20(25(26)27)19(15)23-10-13-28-12-6-9-18-22-11-14-30-18/h3-5,7-8,11,14H,6,9-10,12-13H2,1-2H3,(H,23,24). The number of thiazole rings is 1. The highest BCUT2D eigenvalue weighted by atomic mass is 32.1. The van der Waals surface area contributed by atoms with Gasteiger partial charge in [-0.2, -0.15) is 0 Å². The summed E-state index contributed by atoms with van der Waals surface area (Å²) in [4.78, 5) is 19.9. The van der Waals surface area contributed by atoms with Crippen LogP contribution in [0.2, 0.25) is 0 Å². The molecule has 2 heterocycles. The molecule has 0 amide bonds. The Morgan fingerprint density at radius 2 is 2.00 bits per heavy atom. The number of ether oxygens (including phenoxy) is 2. The van der Waals surface area contributed by atoms with E-state index in [4.69, 9.17) is 9.47 Å². The van der Waals surface area contributed by atoms with Crippen molar-refractivity contribution in [2.24, 2.45) is 0 Å².